The van der Waals surface area contributed by atoms with E-state index >= 15 is 0 Å². The molecule has 0 unspecified atom stereocenters. The third-order valence-corrected chi connectivity index (χ3v) is 2.60. The van der Waals surface area contributed by atoms with Crippen LogP contribution in [0.3, 0.4) is 0 Å². The van der Waals surface area contributed by atoms with Gasteiger partial charge in [-0.2, -0.15) is 0 Å². The maximum Gasteiger partial charge on any atom is 0.0812 e. The van der Waals surface area contributed by atoms with Crippen molar-refractivity contribution in [3.8, 4) is 0 Å². The van der Waals surface area contributed by atoms with Crippen LogP contribution >= 0.6 is 0 Å². The van der Waals surface area contributed by atoms with Gasteiger partial charge in [0.25, 0.3) is 0 Å². The average Bonchev–Trinajstić information content (AvgIpc) is 2.32. The Morgan fingerprint density at radius 1 is 1.06 bits per heavy atom. The maximum absolute atomic E-state index is 4.45. The van der Waals surface area contributed by atoms with E-state index in [-0.39, 0.29) is 0 Å². The van der Waals surface area contributed by atoms with E-state index in [0.717, 1.165) is 11.4 Å². The fraction of sp³-hybridized carbons (Fsp3) is 0.143. The van der Waals surface area contributed by atoms with Crippen LogP contribution in [0.4, 0.5) is 5.69 Å². The van der Waals surface area contributed by atoms with Gasteiger partial charge in [-0.3, -0.25) is 9.98 Å². The second kappa shape index (κ2) is 4.71. The minimum Gasteiger partial charge on any atom is -0.255 e. The van der Waals surface area contributed by atoms with Gasteiger partial charge in [0.2, 0.25) is 0 Å². The summed E-state index contributed by atoms with van der Waals surface area (Å²) < 4.78 is 0. The van der Waals surface area contributed by atoms with Crippen LogP contribution in [0.1, 0.15) is 16.8 Å². The highest BCUT2D eigenvalue weighted by atomic mass is 14.8. The Hall–Kier alpha value is -1.96. The van der Waals surface area contributed by atoms with Gasteiger partial charge in [0.1, 0.15) is 0 Å². The number of hydrogen-bond donors (Lipinski definition) is 0. The van der Waals surface area contributed by atoms with Crippen molar-refractivity contribution in [1.29, 1.82) is 0 Å². The lowest BCUT2D eigenvalue weighted by molar-refractivity contribution is 1.28. The number of aryl methyl sites for hydroxylation is 1. The molecule has 1 aromatic heterocycles. The lowest BCUT2D eigenvalue weighted by Gasteiger charge is -2.02. The van der Waals surface area contributed by atoms with Crippen LogP contribution in [0.15, 0.2) is 47.6 Å². The number of pyridine rings is 1. The summed E-state index contributed by atoms with van der Waals surface area (Å²) in [5.41, 5.74) is 4.36. The predicted molar refractivity (Wildman–Crippen MR) is 67.4 cm³/mol. The normalized spacial score (nSPS) is 10.9. The largest absolute Gasteiger partial charge is 0.255 e. The summed E-state index contributed by atoms with van der Waals surface area (Å²) >= 11 is 0. The Morgan fingerprint density at radius 3 is 2.69 bits per heavy atom. The number of hydrogen-bond acceptors (Lipinski definition) is 2. The Morgan fingerprint density at radius 2 is 1.94 bits per heavy atom. The van der Waals surface area contributed by atoms with Gasteiger partial charge in [0.05, 0.1) is 17.6 Å². The highest BCUT2D eigenvalue weighted by molar-refractivity contribution is 5.79. The minimum atomic E-state index is 0.878. The molecule has 0 aliphatic rings. The molecule has 0 atom stereocenters. The van der Waals surface area contributed by atoms with E-state index in [4.69, 9.17) is 0 Å². The summed E-state index contributed by atoms with van der Waals surface area (Å²) in [4.78, 5) is 8.65. The fourth-order valence-corrected chi connectivity index (χ4v) is 1.46. The molecule has 0 fully saturated rings. The van der Waals surface area contributed by atoms with Crippen molar-refractivity contribution >= 4 is 11.9 Å². The zero-order chi connectivity index (χ0) is 11.4. The molecule has 0 saturated heterocycles. The monoisotopic (exact) mass is 210 g/mol. The third kappa shape index (κ3) is 2.34. The van der Waals surface area contributed by atoms with Gasteiger partial charge < -0.3 is 0 Å². The van der Waals surface area contributed by atoms with Crippen molar-refractivity contribution in [1.82, 2.24) is 4.98 Å². The SMILES string of the molecule is Cc1cccc(N=Cc2ccccn2)c1C. The molecule has 2 aromatic rings. The van der Waals surface area contributed by atoms with Crippen molar-refractivity contribution in [2.45, 2.75) is 13.8 Å². The first-order valence-electron chi connectivity index (χ1n) is 5.28. The summed E-state index contributed by atoms with van der Waals surface area (Å²) in [5.74, 6) is 0. The molecule has 0 spiro atoms. The van der Waals surface area contributed by atoms with Crippen molar-refractivity contribution in [3.05, 3.63) is 59.4 Å². The van der Waals surface area contributed by atoms with Gasteiger partial charge in [-0.1, -0.05) is 18.2 Å². The molecule has 16 heavy (non-hydrogen) atoms. The predicted octanol–water partition coefficient (Wildman–Crippen LogP) is 3.45. The molecule has 0 saturated carbocycles. The van der Waals surface area contributed by atoms with Crippen LogP contribution in [0.5, 0.6) is 0 Å². The molecule has 2 heteroatoms. The lowest BCUT2D eigenvalue weighted by atomic mass is 10.1. The molecule has 80 valence electrons. The van der Waals surface area contributed by atoms with Gasteiger partial charge in [-0.25, -0.2) is 0 Å². The molecule has 2 nitrogen and oxygen atoms in total. The highest BCUT2D eigenvalue weighted by Gasteiger charge is 1.97. The standard InChI is InChI=1S/C14H14N2/c1-11-6-5-8-14(12(11)2)16-10-13-7-3-4-9-15-13/h3-10H,1-2H3. The molecule has 0 radical (unpaired) electrons. The van der Waals surface area contributed by atoms with Gasteiger partial charge in [-0.15, -0.1) is 0 Å². The Kier molecular flexibility index (Phi) is 3.10. The molecule has 0 aliphatic heterocycles. The number of nitrogens with zero attached hydrogens (tertiary/aromatic N) is 2. The summed E-state index contributed by atoms with van der Waals surface area (Å²) in [7, 11) is 0. The molecular formula is C14H14N2. The molecule has 0 aliphatic carbocycles. The second-order valence-electron chi connectivity index (χ2n) is 3.73. The van der Waals surface area contributed by atoms with Crippen LogP contribution in [-0.4, -0.2) is 11.2 Å². The van der Waals surface area contributed by atoms with Crippen LogP contribution in [-0.2, 0) is 0 Å². The van der Waals surface area contributed by atoms with Crippen molar-refractivity contribution in [2.75, 3.05) is 0 Å². The molecular weight excluding hydrogens is 196 g/mol. The average molecular weight is 210 g/mol. The summed E-state index contributed by atoms with van der Waals surface area (Å²) in [6, 6.07) is 11.9. The van der Waals surface area contributed by atoms with Crippen molar-refractivity contribution in [3.63, 3.8) is 0 Å². The fourth-order valence-electron chi connectivity index (χ4n) is 1.46. The summed E-state index contributed by atoms with van der Waals surface area (Å²) in [6.45, 7) is 4.18. The van der Waals surface area contributed by atoms with Crippen molar-refractivity contribution < 1.29 is 0 Å². The van der Waals surface area contributed by atoms with E-state index in [2.05, 4.69) is 29.9 Å². The van der Waals surface area contributed by atoms with E-state index < -0.39 is 0 Å². The van der Waals surface area contributed by atoms with E-state index in [1.54, 1.807) is 12.4 Å². The molecule has 2 rings (SSSR count). The van der Waals surface area contributed by atoms with Crippen LogP contribution in [0.2, 0.25) is 0 Å². The molecule has 0 amide bonds. The van der Waals surface area contributed by atoms with Crippen LogP contribution in [0.25, 0.3) is 0 Å². The smallest absolute Gasteiger partial charge is 0.0812 e. The molecule has 0 bridgehead atoms. The summed E-state index contributed by atoms with van der Waals surface area (Å²) in [5, 5.41) is 0. The first kappa shape index (κ1) is 10.6. The topological polar surface area (TPSA) is 25.2 Å². The third-order valence-electron chi connectivity index (χ3n) is 2.60. The van der Waals surface area contributed by atoms with Gasteiger partial charge >= 0.3 is 0 Å². The van der Waals surface area contributed by atoms with Crippen molar-refractivity contribution in [2.24, 2.45) is 4.99 Å². The van der Waals surface area contributed by atoms with E-state index in [1.807, 2.05) is 30.3 Å². The zero-order valence-electron chi connectivity index (χ0n) is 9.51. The molecule has 1 heterocycles. The Labute approximate surface area is 95.7 Å². The van der Waals surface area contributed by atoms with Gasteiger partial charge in [0.15, 0.2) is 0 Å². The molecule has 0 N–H and O–H groups in total. The Balaban J connectivity index is 2.28. The van der Waals surface area contributed by atoms with Gasteiger partial charge in [0, 0.05) is 6.20 Å². The molecule has 1 aromatic carbocycles. The summed E-state index contributed by atoms with van der Waals surface area (Å²) in [6.07, 6.45) is 3.56. The van der Waals surface area contributed by atoms with Crippen LogP contribution < -0.4 is 0 Å². The number of rotatable bonds is 2. The quantitative estimate of drug-likeness (QED) is 0.697. The second-order valence-corrected chi connectivity index (χ2v) is 3.73. The van der Waals surface area contributed by atoms with E-state index in [0.29, 0.717) is 0 Å². The minimum absolute atomic E-state index is 0.878. The number of benzene rings is 1. The van der Waals surface area contributed by atoms with Crippen LogP contribution in [0, 0.1) is 13.8 Å². The Bertz CT molecular complexity index is 501. The lowest BCUT2D eigenvalue weighted by Crippen LogP contribution is -1.85. The van der Waals surface area contributed by atoms with E-state index in [1.165, 1.54) is 11.1 Å². The maximum atomic E-state index is 4.45. The zero-order valence-corrected chi connectivity index (χ0v) is 9.51. The first-order valence-corrected chi connectivity index (χ1v) is 5.28. The highest BCUT2D eigenvalue weighted by Crippen LogP contribution is 2.20. The first-order chi connectivity index (χ1) is 7.77. The van der Waals surface area contributed by atoms with Gasteiger partial charge in [-0.05, 0) is 43.2 Å². The number of aliphatic imine (C=N–C) groups is 1. The number of aromatic nitrogens is 1. The van der Waals surface area contributed by atoms with E-state index in [9.17, 15) is 0 Å².